The first kappa shape index (κ1) is 64.5. The lowest BCUT2D eigenvalue weighted by molar-refractivity contribution is -0.127. The average molecular weight is 1160 g/mol. The van der Waals surface area contributed by atoms with E-state index in [0.717, 1.165) is 38.9 Å². The molecule has 15 nitrogen and oxygen atoms in total. The lowest BCUT2D eigenvalue weighted by Gasteiger charge is -2.24. The van der Waals surface area contributed by atoms with Crippen molar-refractivity contribution >= 4 is 10.1 Å². The highest BCUT2D eigenvalue weighted by molar-refractivity contribution is 7.86. The zero-order valence-electron chi connectivity index (χ0n) is 47.4. The number of rotatable bonds is 43. The predicted molar refractivity (Wildman–Crippen MR) is 316 cm³/mol. The van der Waals surface area contributed by atoms with Crippen LogP contribution in [0.2, 0.25) is 0 Å². The fraction of sp³-hybridized carbons (Fsp3) is 0.373. The summed E-state index contributed by atoms with van der Waals surface area (Å²) in [5, 5.41) is 10.1. The highest BCUT2D eigenvalue weighted by Gasteiger charge is 2.23. The van der Waals surface area contributed by atoms with Crippen molar-refractivity contribution in [2.24, 2.45) is 0 Å². The summed E-state index contributed by atoms with van der Waals surface area (Å²) in [5.41, 5.74) is 6.83. The van der Waals surface area contributed by atoms with Gasteiger partial charge >= 0.3 is 0 Å². The third-order valence-electron chi connectivity index (χ3n) is 12.9. The van der Waals surface area contributed by atoms with E-state index < -0.39 is 46.7 Å². The number of hydrogen-bond donors (Lipinski definition) is 1. The largest absolute Gasteiger partial charge is 0.394 e. The fourth-order valence-corrected chi connectivity index (χ4v) is 9.13. The van der Waals surface area contributed by atoms with Crippen LogP contribution in [-0.4, -0.2) is 129 Å². The maximum Gasteiger partial charge on any atom is 0.297 e. The van der Waals surface area contributed by atoms with Crippen molar-refractivity contribution < 1.29 is 69.8 Å². The van der Waals surface area contributed by atoms with Crippen LogP contribution in [0.1, 0.15) is 38.9 Å². The van der Waals surface area contributed by atoms with Gasteiger partial charge in [0.05, 0.1) is 124 Å². The van der Waals surface area contributed by atoms with Gasteiger partial charge in [-0.1, -0.05) is 200 Å². The third kappa shape index (κ3) is 26.2. The van der Waals surface area contributed by atoms with Gasteiger partial charge in [-0.05, 0) is 52.4 Å². The molecule has 0 bridgehead atoms. The first-order valence-corrected chi connectivity index (χ1v) is 29.6. The summed E-state index contributed by atoms with van der Waals surface area (Å²) in [6, 6.07) is 65.4. The van der Waals surface area contributed by atoms with Crippen LogP contribution in [-0.2, 0) is 106 Å². The highest BCUT2D eigenvalue weighted by Crippen LogP contribution is 2.17. The first-order valence-electron chi connectivity index (χ1n) is 28.1. The molecule has 0 radical (unpaired) electrons. The maximum atomic E-state index is 13.2. The lowest BCUT2D eigenvalue weighted by atomic mass is 10.2. The summed E-state index contributed by atoms with van der Waals surface area (Å²) in [4.78, 5) is 0.0577. The number of aliphatic hydroxyl groups excluding tert-OH is 1. The molecule has 6 atom stereocenters. The molecule has 0 aliphatic heterocycles. The van der Waals surface area contributed by atoms with E-state index >= 15 is 0 Å². The Morgan fingerprint density at radius 1 is 0.301 bits per heavy atom. The molecule has 6 unspecified atom stereocenters. The molecule has 7 aromatic carbocycles. The van der Waals surface area contributed by atoms with Crippen LogP contribution in [0.3, 0.4) is 0 Å². The molecule has 0 aromatic heterocycles. The van der Waals surface area contributed by atoms with E-state index in [1.54, 1.807) is 12.1 Å². The second-order valence-electron chi connectivity index (χ2n) is 19.9. The number of aliphatic hydroxyl groups is 1. The summed E-state index contributed by atoms with van der Waals surface area (Å²) in [6.45, 7) is 4.85. The van der Waals surface area contributed by atoms with Gasteiger partial charge in [0.2, 0.25) is 0 Å². The van der Waals surface area contributed by atoms with Crippen molar-refractivity contribution in [3.05, 3.63) is 245 Å². The fourth-order valence-electron chi connectivity index (χ4n) is 8.20. The Morgan fingerprint density at radius 2 is 0.518 bits per heavy atom. The monoisotopic (exact) mass is 1160 g/mol. The molecule has 0 aliphatic rings. The van der Waals surface area contributed by atoms with Gasteiger partial charge in [-0.25, -0.2) is 0 Å². The molecule has 0 spiro atoms. The molecular weight excluding hydrogens is 1080 g/mol. The normalized spacial score (nSPS) is 14.0. The number of hydrogen-bond acceptors (Lipinski definition) is 15. The van der Waals surface area contributed by atoms with Gasteiger partial charge in [-0.2, -0.15) is 8.42 Å². The van der Waals surface area contributed by atoms with Crippen molar-refractivity contribution in [3.8, 4) is 0 Å². The van der Waals surface area contributed by atoms with Crippen molar-refractivity contribution in [3.63, 3.8) is 0 Å². The number of benzene rings is 7. The quantitative estimate of drug-likeness (QED) is 0.0359. The second-order valence-corrected chi connectivity index (χ2v) is 21.5. The van der Waals surface area contributed by atoms with Crippen LogP contribution in [0.4, 0.5) is 0 Å². The van der Waals surface area contributed by atoms with Gasteiger partial charge in [0, 0.05) is 0 Å². The second kappa shape index (κ2) is 38.0. The Morgan fingerprint density at radius 3 is 0.759 bits per heavy atom. The molecule has 0 saturated heterocycles. The van der Waals surface area contributed by atoms with Gasteiger partial charge in [0.25, 0.3) is 10.1 Å². The molecule has 83 heavy (non-hydrogen) atoms. The SMILES string of the molecule is Cc1ccc(S(=O)(=O)OCC(COCC(COCC(COCC(COCC(COCC(CO)OCc2ccccc2)OCc2ccccc2)OCc2ccccc2)OCc2ccccc2)OCc2ccccc2)OCc2ccccc2)cc1. The van der Waals surface area contributed by atoms with E-state index in [2.05, 4.69) is 0 Å². The van der Waals surface area contributed by atoms with Crippen LogP contribution in [0.5, 0.6) is 0 Å². The van der Waals surface area contributed by atoms with Gasteiger partial charge in [-0.15, -0.1) is 0 Å². The Hall–Kier alpha value is -6.03. The lowest BCUT2D eigenvalue weighted by Crippen LogP contribution is -2.34. The Labute approximate surface area is 490 Å². The van der Waals surface area contributed by atoms with Gasteiger partial charge in [-0.3, -0.25) is 4.18 Å². The minimum absolute atomic E-state index is 0.0144. The molecule has 0 saturated carbocycles. The number of ether oxygens (including phenoxy) is 11. The predicted octanol–water partition coefficient (Wildman–Crippen LogP) is 10.3. The summed E-state index contributed by atoms with van der Waals surface area (Å²) in [5.74, 6) is 0. The van der Waals surface area contributed by atoms with Gasteiger partial charge in [0.1, 0.15) is 36.6 Å². The highest BCUT2D eigenvalue weighted by atomic mass is 32.2. The van der Waals surface area contributed by atoms with E-state index in [-0.39, 0.29) is 90.8 Å². The first-order chi connectivity index (χ1) is 40.8. The van der Waals surface area contributed by atoms with E-state index in [9.17, 15) is 13.5 Å². The van der Waals surface area contributed by atoms with Crippen molar-refractivity contribution in [1.29, 1.82) is 0 Å². The molecular formula is C67H80O15S. The number of aryl methyl sites for hydroxylation is 1. The van der Waals surface area contributed by atoms with Crippen LogP contribution >= 0.6 is 0 Å². The third-order valence-corrected chi connectivity index (χ3v) is 14.2. The molecule has 0 amide bonds. The molecule has 0 fully saturated rings. The smallest absolute Gasteiger partial charge is 0.297 e. The molecule has 444 valence electrons. The summed E-state index contributed by atoms with van der Waals surface area (Å²) in [6.07, 6.45) is -3.23. The van der Waals surface area contributed by atoms with E-state index in [0.29, 0.717) is 33.0 Å². The summed E-state index contributed by atoms with van der Waals surface area (Å²) >= 11 is 0. The zero-order valence-corrected chi connectivity index (χ0v) is 48.2. The standard InChI is InChI=1S/C67H80O15S/c1-54-32-34-67(35-33-54)83(69,70)82-53-66(81-42-60-30-18-7-19-31-60)52-75-51-65(80-41-59-28-16-6-17-29-59)50-74-49-64(79-40-58-26-14-5-15-27-58)48-73-47-63(78-39-57-24-12-4-13-25-57)46-72-45-62(77-38-56-22-10-3-11-23-56)44-71-43-61(36-68)76-37-55-20-8-2-9-21-55/h2-35,61-66,68H,36-53H2,1H3. The summed E-state index contributed by atoms with van der Waals surface area (Å²) in [7, 11) is -4.07. The summed E-state index contributed by atoms with van der Waals surface area (Å²) < 4.78 is 101. The topological polar surface area (TPSA) is 165 Å². The molecule has 1 N–H and O–H groups in total. The Bertz CT molecular complexity index is 2840. The maximum absolute atomic E-state index is 13.2. The minimum Gasteiger partial charge on any atom is -0.394 e. The van der Waals surface area contributed by atoms with E-state index in [4.69, 9.17) is 56.3 Å². The van der Waals surface area contributed by atoms with Crippen molar-refractivity contribution in [1.82, 2.24) is 0 Å². The Balaban J connectivity index is 0.960. The zero-order chi connectivity index (χ0) is 57.8. The van der Waals surface area contributed by atoms with Crippen molar-refractivity contribution in [2.75, 3.05) is 79.3 Å². The van der Waals surface area contributed by atoms with E-state index in [1.807, 2.05) is 189 Å². The molecule has 7 rings (SSSR count). The molecule has 0 heterocycles. The molecule has 0 aliphatic carbocycles. The minimum atomic E-state index is -4.07. The van der Waals surface area contributed by atoms with E-state index in [1.165, 1.54) is 12.1 Å². The van der Waals surface area contributed by atoms with Crippen LogP contribution in [0.25, 0.3) is 0 Å². The average Bonchev–Trinajstić information content (AvgIpc) is 3.53. The molecule has 16 heteroatoms. The van der Waals surface area contributed by atoms with Gasteiger partial charge in [0.15, 0.2) is 0 Å². The molecule has 7 aromatic rings. The Kier molecular flexibility index (Phi) is 29.6. The van der Waals surface area contributed by atoms with Crippen LogP contribution < -0.4 is 0 Å². The van der Waals surface area contributed by atoms with Gasteiger partial charge < -0.3 is 57.2 Å². The van der Waals surface area contributed by atoms with Crippen LogP contribution in [0.15, 0.2) is 211 Å². The van der Waals surface area contributed by atoms with Crippen molar-refractivity contribution in [2.45, 2.75) is 88.1 Å². The van der Waals surface area contributed by atoms with Crippen LogP contribution in [0, 0.1) is 6.92 Å².